The average Bonchev–Trinajstić information content (AvgIpc) is 3.04. The van der Waals surface area contributed by atoms with Gasteiger partial charge >= 0.3 is 0 Å². The van der Waals surface area contributed by atoms with Gasteiger partial charge in [-0.15, -0.1) is 22.7 Å². The van der Waals surface area contributed by atoms with Gasteiger partial charge in [-0.3, -0.25) is 4.79 Å². The molecule has 4 N–H and O–H groups in total. The molecule has 0 amide bonds. The van der Waals surface area contributed by atoms with E-state index in [9.17, 15) is 4.79 Å². The van der Waals surface area contributed by atoms with E-state index in [1.165, 1.54) is 22.7 Å². The van der Waals surface area contributed by atoms with Gasteiger partial charge in [0.25, 0.3) is 0 Å². The number of fused-ring (bicyclic) bond motifs is 2. The van der Waals surface area contributed by atoms with Crippen LogP contribution in [0.15, 0.2) is 12.1 Å². The molecule has 0 aromatic carbocycles. The van der Waals surface area contributed by atoms with Crippen molar-refractivity contribution in [2.45, 2.75) is 27.7 Å². The van der Waals surface area contributed by atoms with Crippen molar-refractivity contribution in [1.82, 2.24) is 9.97 Å². The van der Waals surface area contributed by atoms with Gasteiger partial charge in [-0.2, -0.15) is 0 Å². The van der Waals surface area contributed by atoms with Gasteiger partial charge in [-0.25, -0.2) is 9.97 Å². The van der Waals surface area contributed by atoms with Crippen molar-refractivity contribution in [2.75, 3.05) is 11.5 Å². The summed E-state index contributed by atoms with van der Waals surface area (Å²) in [5.74, 6) is -0.153. The first-order valence-corrected chi connectivity index (χ1v) is 9.78. The third-order valence-electron chi connectivity index (χ3n) is 4.46. The summed E-state index contributed by atoms with van der Waals surface area (Å²) in [7, 11) is 0. The first kappa shape index (κ1) is 16.9. The molecule has 0 atom stereocenters. The van der Waals surface area contributed by atoms with Crippen molar-refractivity contribution < 1.29 is 4.79 Å². The van der Waals surface area contributed by atoms with Gasteiger partial charge < -0.3 is 11.5 Å². The summed E-state index contributed by atoms with van der Waals surface area (Å²) in [5.41, 5.74) is 17.5. The van der Waals surface area contributed by atoms with E-state index in [1.807, 2.05) is 39.8 Å². The SMILES string of the molecule is Cc1cc(C)c2c(N)c(C(=O)c3sc4nc(C)cc(C)c4c3N)sc2n1. The number of ketones is 1. The normalized spacial score (nSPS) is 11.5. The second-order valence-corrected chi connectivity index (χ2v) is 8.54. The molecule has 0 aliphatic heterocycles. The Hall–Kier alpha value is -2.51. The number of thiophene rings is 2. The fraction of sp³-hybridized carbons (Fsp3) is 0.211. The molecular weight excluding hydrogens is 364 g/mol. The molecular formula is C19H18N4OS2. The Labute approximate surface area is 158 Å². The van der Waals surface area contributed by atoms with Crippen molar-refractivity contribution in [2.24, 2.45) is 0 Å². The summed E-state index contributed by atoms with van der Waals surface area (Å²) in [5, 5.41) is 1.71. The molecule has 0 saturated carbocycles. The molecule has 26 heavy (non-hydrogen) atoms. The quantitative estimate of drug-likeness (QED) is 0.497. The molecule has 0 bridgehead atoms. The van der Waals surface area contributed by atoms with Crippen LogP contribution in [0.25, 0.3) is 20.4 Å². The van der Waals surface area contributed by atoms with Gasteiger partial charge in [0.2, 0.25) is 5.78 Å². The van der Waals surface area contributed by atoms with Gasteiger partial charge in [0.15, 0.2) is 0 Å². The van der Waals surface area contributed by atoms with Crippen LogP contribution in [0.4, 0.5) is 11.4 Å². The van der Waals surface area contributed by atoms with E-state index in [4.69, 9.17) is 11.5 Å². The summed E-state index contributed by atoms with van der Waals surface area (Å²) in [4.78, 5) is 24.8. The summed E-state index contributed by atoms with van der Waals surface area (Å²) >= 11 is 2.65. The maximum absolute atomic E-state index is 13.2. The van der Waals surface area contributed by atoms with E-state index in [-0.39, 0.29) is 5.78 Å². The van der Waals surface area contributed by atoms with Crippen molar-refractivity contribution in [3.05, 3.63) is 44.4 Å². The summed E-state index contributed by atoms with van der Waals surface area (Å²) in [6.07, 6.45) is 0. The minimum atomic E-state index is -0.153. The highest BCUT2D eigenvalue weighted by Crippen LogP contribution is 2.41. The predicted molar refractivity (Wildman–Crippen MR) is 110 cm³/mol. The maximum Gasteiger partial charge on any atom is 0.217 e. The lowest BCUT2D eigenvalue weighted by Gasteiger charge is -2.01. The van der Waals surface area contributed by atoms with Crippen LogP contribution in [0, 0.1) is 27.7 Å². The lowest BCUT2D eigenvalue weighted by atomic mass is 10.1. The number of carbonyl (C=O) groups excluding carboxylic acids is 1. The topological polar surface area (TPSA) is 94.9 Å². The van der Waals surface area contributed by atoms with Crippen LogP contribution < -0.4 is 11.5 Å². The highest BCUT2D eigenvalue weighted by molar-refractivity contribution is 7.24. The molecule has 0 spiro atoms. The Bertz CT molecular complexity index is 1130. The average molecular weight is 383 g/mol. The van der Waals surface area contributed by atoms with E-state index < -0.39 is 0 Å². The van der Waals surface area contributed by atoms with E-state index in [0.717, 1.165) is 42.9 Å². The minimum absolute atomic E-state index is 0.153. The minimum Gasteiger partial charge on any atom is -0.397 e. The third-order valence-corrected chi connectivity index (χ3v) is 6.66. The standard InChI is InChI=1S/C19H18N4OS2/c1-7-5-9(3)22-18-11(7)13(20)16(25-18)15(24)17-14(21)12-8(2)6-10(4)23-19(12)26-17/h5-6H,20-21H2,1-4H3. The predicted octanol–water partition coefficient (Wildman–Crippen LogP) is 4.54. The highest BCUT2D eigenvalue weighted by atomic mass is 32.1. The molecule has 4 heterocycles. The first-order chi connectivity index (χ1) is 12.3. The van der Waals surface area contributed by atoms with Crippen LogP contribution in [0.1, 0.15) is 37.1 Å². The van der Waals surface area contributed by atoms with Gasteiger partial charge in [-0.05, 0) is 51.0 Å². The fourth-order valence-corrected chi connectivity index (χ4v) is 5.77. The number of pyridine rings is 2. The van der Waals surface area contributed by atoms with E-state index in [1.54, 1.807) is 0 Å². The van der Waals surface area contributed by atoms with E-state index in [0.29, 0.717) is 21.1 Å². The number of nitrogen functional groups attached to an aromatic ring is 2. The molecule has 0 radical (unpaired) electrons. The van der Waals surface area contributed by atoms with Crippen LogP contribution in [0.3, 0.4) is 0 Å². The van der Waals surface area contributed by atoms with E-state index in [2.05, 4.69) is 9.97 Å². The number of rotatable bonds is 2. The molecule has 0 aliphatic carbocycles. The summed E-state index contributed by atoms with van der Waals surface area (Å²) in [6.45, 7) is 7.84. The number of nitrogens with two attached hydrogens (primary N) is 2. The largest absolute Gasteiger partial charge is 0.397 e. The van der Waals surface area contributed by atoms with Crippen LogP contribution in [0.2, 0.25) is 0 Å². The Morgan fingerprint density at radius 2 is 1.19 bits per heavy atom. The first-order valence-electron chi connectivity index (χ1n) is 8.15. The maximum atomic E-state index is 13.2. The molecule has 5 nitrogen and oxygen atoms in total. The third kappa shape index (κ3) is 2.39. The monoisotopic (exact) mass is 382 g/mol. The van der Waals surface area contributed by atoms with Gasteiger partial charge in [0.05, 0.1) is 11.4 Å². The summed E-state index contributed by atoms with van der Waals surface area (Å²) < 4.78 is 0. The molecule has 7 heteroatoms. The molecule has 0 unspecified atom stereocenters. The number of carbonyl (C=O) groups is 1. The Balaban J connectivity index is 1.94. The van der Waals surface area contributed by atoms with Crippen LogP contribution in [-0.2, 0) is 0 Å². The van der Waals surface area contributed by atoms with Crippen LogP contribution >= 0.6 is 22.7 Å². The molecule has 0 aliphatic rings. The second kappa shape index (κ2) is 5.75. The molecule has 0 saturated heterocycles. The lowest BCUT2D eigenvalue weighted by Crippen LogP contribution is -2.03. The molecule has 132 valence electrons. The van der Waals surface area contributed by atoms with Gasteiger partial charge in [0, 0.05) is 22.2 Å². The van der Waals surface area contributed by atoms with Crippen LogP contribution in [-0.4, -0.2) is 15.8 Å². The van der Waals surface area contributed by atoms with Gasteiger partial charge in [-0.1, -0.05) is 0 Å². The zero-order valence-electron chi connectivity index (χ0n) is 14.9. The zero-order valence-corrected chi connectivity index (χ0v) is 16.6. The summed E-state index contributed by atoms with van der Waals surface area (Å²) in [6, 6.07) is 3.95. The van der Waals surface area contributed by atoms with Crippen LogP contribution in [0.5, 0.6) is 0 Å². The Kier molecular flexibility index (Phi) is 3.75. The van der Waals surface area contributed by atoms with Crippen molar-refractivity contribution in [1.29, 1.82) is 0 Å². The van der Waals surface area contributed by atoms with E-state index >= 15 is 0 Å². The highest BCUT2D eigenvalue weighted by Gasteiger charge is 2.25. The number of aromatic nitrogens is 2. The number of hydrogen-bond acceptors (Lipinski definition) is 7. The fourth-order valence-electron chi connectivity index (χ4n) is 3.38. The zero-order chi connectivity index (χ0) is 18.7. The Morgan fingerprint density at radius 1 is 0.808 bits per heavy atom. The smallest absolute Gasteiger partial charge is 0.217 e. The second-order valence-electron chi connectivity index (χ2n) is 6.54. The molecule has 0 fully saturated rings. The van der Waals surface area contributed by atoms with Crippen molar-refractivity contribution in [3.63, 3.8) is 0 Å². The van der Waals surface area contributed by atoms with Crippen molar-refractivity contribution in [3.8, 4) is 0 Å². The molecule has 4 aromatic rings. The van der Waals surface area contributed by atoms with Gasteiger partial charge in [0.1, 0.15) is 19.4 Å². The molecule has 4 rings (SSSR count). The molecule has 4 aromatic heterocycles. The number of aryl methyl sites for hydroxylation is 4. The number of nitrogens with zero attached hydrogens (tertiary/aromatic N) is 2. The number of hydrogen-bond donors (Lipinski definition) is 2. The van der Waals surface area contributed by atoms with Crippen molar-refractivity contribution >= 4 is 60.3 Å². The Morgan fingerprint density at radius 3 is 1.58 bits per heavy atom. The lowest BCUT2D eigenvalue weighted by molar-refractivity contribution is 0.104. The number of anilines is 2.